The summed E-state index contributed by atoms with van der Waals surface area (Å²) in [7, 11) is 1.58. The van der Waals surface area contributed by atoms with Gasteiger partial charge in [0.2, 0.25) is 5.82 Å². The number of carboxylic acids is 1. The second-order valence-corrected chi connectivity index (χ2v) is 3.86. The number of rotatable bonds is 5. The fraction of sp³-hybridized carbons (Fsp3) is 0.250. The van der Waals surface area contributed by atoms with Crippen molar-refractivity contribution in [2.75, 3.05) is 12.4 Å². The molecular weight excluding hydrogens is 250 g/mol. The molecule has 0 radical (unpaired) electrons. The molecule has 100 valence electrons. The van der Waals surface area contributed by atoms with E-state index in [2.05, 4.69) is 15.5 Å². The Balaban J connectivity index is 2.13. The second-order valence-electron chi connectivity index (χ2n) is 3.86. The molecule has 7 nitrogen and oxygen atoms in total. The van der Waals surface area contributed by atoms with Gasteiger partial charge in [-0.2, -0.15) is 4.98 Å². The zero-order chi connectivity index (χ0) is 13.8. The van der Waals surface area contributed by atoms with Gasteiger partial charge in [-0.3, -0.25) is 4.79 Å². The first-order valence-corrected chi connectivity index (χ1v) is 5.57. The predicted molar refractivity (Wildman–Crippen MR) is 67.0 cm³/mol. The summed E-state index contributed by atoms with van der Waals surface area (Å²) in [5.74, 6) is 0.108. The highest BCUT2D eigenvalue weighted by atomic mass is 16.5. The third-order valence-electron chi connectivity index (χ3n) is 2.48. The molecule has 0 saturated heterocycles. The highest BCUT2D eigenvalue weighted by Crippen LogP contribution is 2.21. The van der Waals surface area contributed by atoms with Crippen LogP contribution in [-0.2, 0) is 4.79 Å². The minimum atomic E-state index is -0.996. The topological polar surface area (TPSA) is 97.5 Å². The van der Waals surface area contributed by atoms with E-state index in [9.17, 15) is 4.79 Å². The number of carboxylic acid groups (broad SMARTS) is 1. The van der Waals surface area contributed by atoms with Gasteiger partial charge >= 0.3 is 12.0 Å². The van der Waals surface area contributed by atoms with Gasteiger partial charge in [0, 0.05) is 5.56 Å². The van der Waals surface area contributed by atoms with Crippen LogP contribution in [0.15, 0.2) is 28.8 Å². The summed E-state index contributed by atoms with van der Waals surface area (Å²) in [4.78, 5) is 14.8. The molecule has 1 aromatic heterocycles. The summed E-state index contributed by atoms with van der Waals surface area (Å²) < 4.78 is 9.98. The van der Waals surface area contributed by atoms with E-state index in [1.807, 2.05) is 0 Å². The lowest BCUT2D eigenvalue weighted by Gasteiger charge is -2.04. The van der Waals surface area contributed by atoms with E-state index < -0.39 is 12.0 Å². The maximum atomic E-state index is 10.7. The Kier molecular flexibility index (Phi) is 3.65. The lowest BCUT2D eigenvalue weighted by molar-refractivity contribution is -0.137. The van der Waals surface area contributed by atoms with Gasteiger partial charge in [-0.15, -0.1) is 0 Å². The van der Waals surface area contributed by atoms with Gasteiger partial charge in [0.15, 0.2) is 0 Å². The Morgan fingerprint density at radius 2 is 2.11 bits per heavy atom. The van der Waals surface area contributed by atoms with E-state index >= 15 is 0 Å². The third kappa shape index (κ3) is 3.01. The van der Waals surface area contributed by atoms with Crippen LogP contribution in [0, 0.1) is 0 Å². The van der Waals surface area contributed by atoms with Crippen molar-refractivity contribution in [1.82, 2.24) is 10.1 Å². The molecule has 1 heterocycles. The van der Waals surface area contributed by atoms with Crippen molar-refractivity contribution >= 4 is 12.0 Å². The van der Waals surface area contributed by atoms with E-state index in [1.165, 1.54) is 6.92 Å². The molecule has 1 unspecified atom stereocenters. The van der Waals surface area contributed by atoms with Gasteiger partial charge in [-0.1, -0.05) is 5.16 Å². The van der Waals surface area contributed by atoms with E-state index in [0.29, 0.717) is 5.82 Å². The molecular formula is C12H13N3O4. The predicted octanol–water partition coefficient (Wildman–Crippen LogP) is 1.63. The largest absolute Gasteiger partial charge is 0.497 e. The van der Waals surface area contributed by atoms with Gasteiger partial charge in [0.25, 0.3) is 0 Å². The Hall–Kier alpha value is -2.57. The Morgan fingerprint density at radius 3 is 2.68 bits per heavy atom. The Bertz CT molecular complexity index is 565. The van der Waals surface area contributed by atoms with E-state index in [1.54, 1.807) is 31.4 Å². The first-order chi connectivity index (χ1) is 9.10. The third-order valence-corrected chi connectivity index (χ3v) is 2.48. The summed E-state index contributed by atoms with van der Waals surface area (Å²) in [5.41, 5.74) is 0.751. The van der Waals surface area contributed by atoms with Crippen molar-refractivity contribution in [3.05, 3.63) is 24.3 Å². The summed E-state index contributed by atoms with van der Waals surface area (Å²) in [6.07, 6.45) is 0. The van der Waals surface area contributed by atoms with E-state index in [0.717, 1.165) is 11.3 Å². The number of hydrogen-bond acceptors (Lipinski definition) is 6. The zero-order valence-electron chi connectivity index (χ0n) is 10.5. The van der Waals surface area contributed by atoms with Crippen LogP contribution in [0.5, 0.6) is 5.75 Å². The number of nitrogens with one attached hydrogen (secondary N) is 1. The number of aliphatic carboxylic acids is 1. The number of benzene rings is 1. The Morgan fingerprint density at radius 1 is 1.42 bits per heavy atom. The first kappa shape index (κ1) is 12.9. The van der Waals surface area contributed by atoms with Crippen molar-refractivity contribution in [3.8, 4) is 17.1 Å². The smallest absolute Gasteiger partial charge is 0.325 e. The van der Waals surface area contributed by atoms with E-state index in [4.69, 9.17) is 14.4 Å². The number of methoxy groups -OCH3 is 1. The lowest BCUT2D eigenvalue weighted by Crippen LogP contribution is -2.25. The molecule has 0 spiro atoms. The molecule has 1 aromatic carbocycles. The average molecular weight is 263 g/mol. The maximum Gasteiger partial charge on any atom is 0.325 e. The van der Waals surface area contributed by atoms with Crippen LogP contribution < -0.4 is 10.1 Å². The zero-order valence-corrected chi connectivity index (χ0v) is 10.5. The fourth-order valence-corrected chi connectivity index (χ4v) is 1.39. The number of ether oxygens (including phenoxy) is 1. The molecule has 0 amide bonds. The summed E-state index contributed by atoms with van der Waals surface area (Å²) in [6, 6.07) is 6.39. The van der Waals surface area contributed by atoms with Gasteiger partial charge in [0.1, 0.15) is 11.8 Å². The minimum absolute atomic E-state index is 0.0701. The number of hydrogen-bond donors (Lipinski definition) is 2. The Labute approximate surface area is 109 Å². The number of carbonyl (C=O) groups is 1. The molecule has 0 fully saturated rings. The van der Waals surface area contributed by atoms with Crippen molar-refractivity contribution in [3.63, 3.8) is 0 Å². The summed E-state index contributed by atoms with van der Waals surface area (Å²) >= 11 is 0. The van der Waals surface area contributed by atoms with Crippen molar-refractivity contribution in [2.45, 2.75) is 13.0 Å². The SMILES string of the molecule is COc1ccc(-c2noc(NC(C)C(=O)O)n2)cc1. The molecule has 0 aliphatic carbocycles. The summed E-state index contributed by atoms with van der Waals surface area (Å²) in [5, 5.41) is 15.1. The van der Waals surface area contributed by atoms with Crippen LogP contribution in [0.3, 0.4) is 0 Å². The molecule has 1 atom stereocenters. The number of aromatic nitrogens is 2. The molecule has 2 N–H and O–H groups in total. The van der Waals surface area contributed by atoms with Crippen LogP contribution in [0.2, 0.25) is 0 Å². The normalized spacial score (nSPS) is 11.9. The molecule has 0 saturated carbocycles. The monoisotopic (exact) mass is 263 g/mol. The molecule has 0 bridgehead atoms. The quantitative estimate of drug-likeness (QED) is 0.845. The van der Waals surface area contributed by atoms with Gasteiger partial charge in [-0.05, 0) is 31.2 Å². The van der Waals surface area contributed by atoms with Crippen molar-refractivity contribution in [1.29, 1.82) is 0 Å². The van der Waals surface area contributed by atoms with Crippen LogP contribution in [0.1, 0.15) is 6.92 Å². The van der Waals surface area contributed by atoms with Crippen LogP contribution >= 0.6 is 0 Å². The minimum Gasteiger partial charge on any atom is -0.497 e. The maximum absolute atomic E-state index is 10.7. The van der Waals surface area contributed by atoms with Crippen LogP contribution in [0.25, 0.3) is 11.4 Å². The molecule has 2 aromatic rings. The highest BCUT2D eigenvalue weighted by molar-refractivity contribution is 5.75. The molecule has 0 aliphatic rings. The molecule has 0 aliphatic heterocycles. The van der Waals surface area contributed by atoms with Gasteiger partial charge in [-0.25, -0.2) is 0 Å². The first-order valence-electron chi connectivity index (χ1n) is 5.57. The molecule has 2 rings (SSSR count). The summed E-state index contributed by atoms with van der Waals surface area (Å²) in [6.45, 7) is 1.49. The number of anilines is 1. The van der Waals surface area contributed by atoms with Gasteiger partial charge in [0.05, 0.1) is 7.11 Å². The second kappa shape index (κ2) is 5.38. The van der Waals surface area contributed by atoms with Crippen molar-refractivity contribution < 1.29 is 19.2 Å². The number of nitrogens with zero attached hydrogens (tertiary/aromatic N) is 2. The molecule has 19 heavy (non-hydrogen) atoms. The van der Waals surface area contributed by atoms with Crippen molar-refractivity contribution in [2.24, 2.45) is 0 Å². The average Bonchev–Trinajstić information content (AvgIpc) is 2.87. The van der Waals surface area contributed by atoms with E-state index in [-0.39, 0.29) is 6.01 Å². The molecule has 7 heteroatoms. The van der Waals surface area contributed by atoms with Crippen LogP contribution in [0.4, 0.5) is 6.01 Å². The highest BCUT2D eigenvalue weighted by Gasteiger charge is 2.15. The van der Waals surface area contributed by atoms with Crippen LogP contribution in [-0.4, -0.2) is 34.4 Å². The standard InChI is InChI=1S/C12H13N3O4/c1-7(11(16)17)13-12-14-10(15-19-12)8-3-5-9(18-2)6-4-8/h3-7H,1-2H3,(H,16,17)(H,13,14,15). The lowest BCUT2D eigenvalue weighted by atomic mass is 10.2. The van der Waals surface area contributed by atoms with Gasteiger partial charge < -0.3 is 19.7 Å². The fourth-order valence-electron chi connectivity index (χ4n) is 1.39.